The highest BCUT2D eigenvalue weighted by Crippen LogP contribution is 1.46. The van der Waals surface area contributed by atoms with E-state index in [1.807, 2.05) is 10.6 Å². The number of carbonyl (C=O) groups excluding carboxylic acids is 2. The smallest absolute Gasteiger partial charge is 0.313 e. The molecule has 0 saturated carbocycles. The van der Waals surface area contributed by atoms with Gasteiger partial charge in [-0.3, -0.25) is 0 Å². The molecule has 8 nitrogen and oxygen atoms in total. The molecule has 0 unspecified atom stereocenters. The highest BCUT2D eigenvalue weighted by molar-refractivity contribution is 5.71. The molecule has 0 aromatic rings. The number of hydrogen-bond donors (Lipinski definition) is 6. The summed E-state index contributed by atoms with van der Waals surface area (Å²) in [4.78, 5) is 19.1. The molecule has 0 atom stereocenters. The van der Waals surface area contributed by atoms with Gasteiger partial charge in [0.15, 0.2) is 0 Å². The van der Waals surface area contributed by atoms with Gasteiger partial charge >= 0.3 is 12.1 Å². The summed E-state index contributed by atoms with van der Waals surface area (Å²) in [5, 5.41) is 19.5. The zero-order chi connectivity index (χ0) is 9.98. The molecule has 0 bridgehead atoms. The van der Waals surface area contributed by atoms with E-state index in [2.05, 4.69) is 11.5 Å². The molecular formula is C4H12N4O4. The summed E-state index contributed by atoms with van der Waals surface area (Å²) >= 11 is 0. The maximum Gasteiger partial charge on any atom is 0.313 e. The third-order valence-corrected chi connectivity index (χ3v) is 0.507. The summed E-state index contributed by atoms with van der Waals surface area (Å²) in [6.45, 7) is -0.787. The monoisotopic (exact) mass is 180 g/mol. The van der Waals surface area contributed by atoms with Crippen LogP contribution in [0.15, 0.2) is 0 Å². The van der Waals surface area contributed by atoms with Crippen LogP contribution < -0.4 is 22.1 Å². The van der Waals surface area contributed by atoms with Gasteiger partial charge in [0, 0.05) is 0 Å². The zero-order valence-corrected chi connectivity index (χ0v) is 6.28. The molecule has 0 radical (unpaired) electrons. The number of hydrogen-bond acceptors (Lipinski definition) is 4. The predicted octanol–water partition coefficient (Wildman–Crippen LogP) is -2.79. The van der Waals surface area contributed by atoms with Crippen molar-refractivity contribution in [2.45, 2.75) is 0 Å². The molecule has 0 aromatic carbocycles. The summed E-state index contributed by atoms with van der Waals surface area (Å²) in [5.41, 5.74) is 8.99. The summed E-state index contributed by atoms with van der Waals surface area (Å²) in [5.74, 6) is 0. The molecule has 0 heterocycles. The van der Waals surface area contributed by atoms with Gasteiger partial charge in [0.1, 0.15) is 13.5 Å². The van der Waals surface area contributed by atoms with Gasteiger partial charge in [-0.2, -0.15) is 0 Å². The lowest BCUT2D eigenvalue weighted by molar-refractivity contribution is 0.224. The molecule has 0 fully saturated rings. The molecule has 0 rings (SSSR count). The van der Waals surface area contributed by atoms with Crippen molar-refractivity contribution in [3.63, 3.8) is 0 Å². The highest BCUT2D eigenvalue weighted by atomic mass is 16.3. The molecule has 4 amide bonds. The van der Waals surface area contributed by atoms with Gasteiger partial charge in [0.2, 0.25) is 0 Å². The minimum atomic E-state index is -0.711. The van der Waals surface area contributed by atoms with E-state index in [9.17, 15) is 9.59 Å². The second-order valence-corrected chi connectivity index (χ2v) is 1.40. The Hall–Kier alpha value is -1.54. The van der Waals surface area contributed by atoms with Crippen LogP contribution in [0.1, 0.15) is 0 Å². The molecule has 0 spiro atoms. The number of amides is 4. The Labute approximate surface area is 68.5 Å². The van der Waals surface area contributed by atoms with Crippen molar-refractivity contribution >= 4 is 12.1 Å². The molecule has 0 saturated heterocycles. The Kier molecular flexibility index (Phi) is 10.3. The summed E-state index contributed by atoms with van der Waals surface area (Å²) < 4.78 is 0. The van der Waals surface area contributed by atoms with Crippen LogP contribution in [-0.2, 0) is 0 Å². The number of aliphatic hydroxyl groups excluding tert-OH is 2. The standard InChI is InChI=1S/2C2H6N2O2/c2*3-2(6)4-1-5/h2*5H,1H2,(H3,3,4,6). The molecule has 8 N–H and O–H groups in total. The van der Waals surface area contributed by atoms with Crippen molar-refractivity contribution < 1.29 is 19.8 Å². The maximum absolute atomic E-state index is 9.55. The summed E-state index contributed by atoms with van der Waals surface area (Å²) in [6, 6.07) is -1.42. The number of nitrogens with one attached hydrogen (secondary N) is 2. The van der Waals surface area contributed by atoms with Crippen LogP contribution in [0.2, 0.25) is 0 Å². The minimum absolute atomic E-state index is 0.394. The van der Waals surface area contributed by atoms with Crippen LogP contribution in [0, 0.1) is 0 Å². The first-order valence-corrected chi connectivity index (χ1v) is 2.83. The van der Waals surface area contributed by atoms with Crippen LogP contribution in [0.3, 0.4) is 0 Å². The van der Waals surface area contributed by atoms with Crippen molar-refractivity contribution in [3.8, 4) is 0 Å². The van der Waals surface area contributed by atoms with Gasteiger partial charge in [0.05, 0.1) is 0 Å². The fourth-order valence-electron chi connectivity index (χ4n) is 0.156. The normalized spacial score (nSPS) is 7.50. The van der Waals surface area contributed by atoms with E-state index in [-0.39, 0.29) is 0 Å². The molecule has 0 aliphatic carbocycles. The van der Waals surface area contributed by atoms with Crippen LogP contribution in [0.5, 0.6) is 0 Å². The van der Waals surface area contributed by atoms with Crippen LogP contribution >= 0.6 is 0 Å². The lowest BCUT2D eigenvalue weighted by Gasteiger charge is -1.88. The van der Waals surface area contributed by atoms with Crippen LogP contribution in [0.4, 0.5) is 9.59 Å². The molecule has 0 aliphatic heterocycles. The van der Waals surface area contributed by atoms with Gasteiger partial charge in [-0.25, -0.2) is 9.59 Å². The van der Waals surface area contributed by atoms with E-state index >= 15 is 0 Å². The second kappa shape index (κ2) is 9.46. The van der Waals surface area contributed by atoms with Crippen molar-refractivity contribution in [3.05, 3.63) is 0 Å². The first kappa shape index (κ1) is 13.1. The Balaban J connectivity index is 0. The van der Waals surface area contributed by atoms with E-state index in [0.717, 1.165) is 0 Å². The van der Waals surface area contributed by atoms with E-state index in [0.29, 0.717) is 0 Å². The van der Waals surface area contributed by atoms with Crippen molar-refractivity contribution in [1.82, 2.24) is 10.6 Å². The number of nitrogens with two attached hydrogens (primary N) is 2. The quantitative estimate of drug-likeness (QED) is 0.254. The van der Waals surface area contributed by atoms with Crippen molar-refractivity contribution in [2.24, 2.45) is 11.5 Å². The first-order chi connectivity index (χ1) is 5.54. The second-order valence-electron chi connectivity index (χ2n) is 1.40. The van der Waals surface area contributed by atoms with E-state index in [1.54, 1.807) is 0 Å². The van der Waals surface area contributed by atoms with Gasteiger partial charge in [-0.05, 0) is 0 Å². The Morgan fingerprint density at radius 1 is 1.00 bits per heavy atom. The number of primary amides is 2. The van der Waals surface area contributed by atoms with Crippen LogP contribution in [0.25, 0.3) is 0 Å². The maximum atomic E-state index is 9.55. The SMILES string of the molecule is NC(=O)NCO.NC(=O)NCO. The highest BCUT2D eigenvalue weighted by Gasteiger charge is 1.80. The lowest BCUT2D eigenvalue weighted by Crippen LogP contribution is -2.29. The molecule has 8 heteroatoms. The average Bonchev–Trinajstić information content (AvgIpc) is 1.87. The topological polar surface area (TPSA) is 151 Å². The first-order valence-electron chi connectivity index (χ1n) is 2.83. The van der Waals surface area contributed by atoms with Gasteiger partial charge in [-0.15, -0.1) is 0 Å². The third kappa shape index (κ3) is 23.7. The Morgan fingerprint density at radius 2 is 1.25 bits per heavy atom. The van der Waals surface area contributed by atoms with Gasteiger partial charge < -0.3 is 32.3 Å². The molecular weight excluding hydrogens is 168 g/mol. The summed E-state index contributed by atoms with van der Waals surface area (Å²) in [7, 11) is 0. The Morgan fingerprint density at radius 3 is 1.25 bits per heavy atom. The third-order valence-electron chi connectivity index (χ3n) is 0.507. The van der Waals surface area contributed by atoms with E-state index < -0.39 is 25.5 Å². The van der Waals surface area contributed by atoms with Crippen molar-refractivity contribution in [2.75, 3.05) is 13.5 Å². The largest absolute Gasteiger partial charge is 0.376 e. The number of rotatable bonds is 2. The van der Waals surface area contributed by atoms with Crippen LogP contribution in [-0.4, -0.2) is 35.7 Å². The zero-order valence-electron chi connectivity index (χ0n) is 6.28. The number of urea groups is 2. The number of aliphatic hydroxyl groups is 2. The predicted molar refractivity (Wildman–Crippen MR) is 39.6 cm³/mol. The van der Waals surface area contributed by atoms with Crippen molar-refractivity contribution in [1.29, 1.82) is 0 Å². The molecule has 72 valence electrons. The van der Waals surface area contributed by atoms with Gasteiger partial charge in [0.25, 0.3) is 0 Å². The fraction of sp³-hybridized carbons (Fsp3) is 0.500. The Bertz CT molecular complexity index is 123. The fourth-order valence-corrected chi connectivity index (χ4v) is 0.156. The molecule has 0 aliphatic rings. The van der Waals surface area contributed by atoms with Gasteiger partial charge in [-0.1, -0.05) is 0 Å². The molecule has 12 heavy (non-hydrogen) atoms. The lowest BCUT2D eigenvalue weighted by atomic mass is 11.0. The van der Waals surface area contributed by atoms with E-state index in [4.69, 9.17) is 10.2 Å². The summed E-state index contributed by atoms with van der Waals surface area (Å²) in [6.07, 6.45) is 0. The number of carbonyl (C=O) groups is 2. The minimum Gasteiger partial charge on any atom is -0.376 e. The average molecular weight is 180 g/mol. The molecule has 0 aromatic heterocycles. The van der Waals surface area contributed by atoms with E-state index in [1.165, 1.54) is 0 Å².